The molecule has 0 aliphatic rings. The average Bonchev–Trinajstić information content (AvgIpc) is 3.01. The van der Waals surface area contributed by atoms with Crippen LogP contribution in [0.4, 0.5) is 0 Å². The number of rotatable bonds is 15. The molecule has 1 heterocycles. The molecule has 0 atom stereocenters. The first-order valence-electron chi connectivity index (χ1n) is 9.26. The molecule has 0 aliphatic heterocycles. The Bertz CT molecular complexity index is 295. The third-order valence-corrected chi connectivity index (χ3v) is 4.21. The lowest BCUT2D eigenvalue weighted by atomic mass is 10.0. The van der Waals surface area contributed by atoms with Crippen molar-refractivity contribution in [2.45, 2.75) is 103 Å². The van der Waals surface area contributed by atoms with Crippen molar-refractivity contribution in [3.05, 3.63) is 12.7 Å². The minimum atomic E-state index is 1.03. The predicted octanol–water partition coefficient (Wildman–Crippen LogP) is 5.76. The van der Waals surface area contributed by atoms with E-state index in [9.17, 15) is 0 Å². The maximum atomic E-state index is 4.12. The van der Waals surface area contributed by atoms with Gasteiger partial charge in [-0.25, -0.2) is 4.98 Å². The molecule has 21 heavy (non-hydrogen) atoms. The van der Waals surface area contributed by atoms with Crippen molar-refractivity contribution in [2.24, 2.45) is 0 Å². The summed E-state index contributed by atoms with van der Waals surface area (Å²) in [6.07, 6.45) is 23.2. The molecule has 0 N–H and O–H groups in total. The normalized spacial score (nSPS) is 11.1. The lowest BCUT2D eigenvalue weighted by Gasteiger charge is -2.03. The number of aryl methyl sites for hydroxylation is 1. The lowest BCUT2D eigenvalue weighted by Crippen LogP contribution is -1.97. The van der Waals surface area contributed by atoms with Crippen molar-refractivity contribution in [1.29, 1.82) is 0 Å². The van der Waals surface area contributed by atoms with E-state index in [1.54, 1.807) is 6.33 Å². The van der Waals surface area contributed by atoms with Gasteiger partial charge in [0.25, 0.3) is 0 Å². The Kier molecular flexibility index (Phi) is 12.2. The standard InChI is InChI=1S/C18H35N3/c1-2-3-4-5-6-7-8-9-10-11-12-13-14-15-16-21-18-19-17-20-21/h17-18H,2-16H2,1H3. The summed E-state index contributed by atoms with van der Waals surface area (Å²) in [5.41, 5.74) is 0. The predicted molar refractivity (Wildman–Crippen MR) is 90.3 cm³/mol. The Labute approximate surface area is 131 Å². The molecule has 1 aromatic heterocycles. The van der Waals surface area contributed by atoms with Crippen LogP contribution in [0.3, 0.4) is 0 Å². The van der Waals surface area contributed by atoms with E-state index in [4.69, 9.17) is 0 Å². The first-order valence-corrected chi connectivity index (χ1v) is 9.26. The van der Waals surface area contributed by atoms with E-state index in [1.807, 2.05) is 11.0 Å². The number of unbranched alkanes of at least 4 members (excludes halogenated alkanes) is 13. The zero-order valence-electron chi connectivity index (χ0n) is 14.1. The Morgan fingerprint density at radius 3 is 1.57 bits per heavy atom. The molecule has 0 spiro atoms. The molecule has 0 saturated heterocycles. The summed E-state index contributed by atoms with van der Waals surface area (Å²) in [5.74, 6) is 0. The second-order valence-corrected chi connectivity index (χ2v) is 6.25. The van der Waals surface area contributed by atoms with E-state index in [-0.39, 0.29) is 0 Å². The quantitative estimate of drug-likeness (QED) is 0.385. The van der Waals surface area contributed by atoms with Gasteiger partial charge < -0.3 is 0 Å². The molecule has 1 aromatic rings. The molecule has 0 aliphatic carbocycles. The van der Waals surface area contributed by atoms with E-state index in [0.29, 0.717) is 0 Å². The molecule has 122 valence electrons. The Balaban J connectivity index is 1.69. The molecule has 1 rings (SSSR count). The average molecular weight is 293 g/mol. The van der Waals surface area contributed by atoms with Gasteiger partial charge in [0.2, 0.25) is 0 Å². The van der Waals surface area contributed by atoms with Gasteiger partial charge in [-0.3, -0.25) is 4.68 Å². The summed E-state index contributed by atoms with van der Waals surface area (Å²) in [7, 11) is 0. The van der Waals surface area contributed by atoms with Gasteiger partial charge in [0.1, 0.15) is 12.7 Å². The van der Waals surface area contributed by atoms with Crippen LogP contribution in [0, 0.1) is 0 Å². The van der Waals surface area contributed by atoms with E-state index >= 15 is 0 Å². The third kappa shape index (κ3) is 11.5. The van der Waals surface area contributed by atoms with E-state index in [0.717, 1.165) is 6.54 Å². The van der Waals surface area contributed by atoms with Crippen LogP contribution in [-0.4, -0.2) is 14.8 Å². The summed E-state index contributed by atoms with van der Waals surface area (Å²) in [4.78, 5) is 3.96. The van der Waals surface area contributed by atoms with E-state index < -0.39 is 0 Å². The summed E-state index contributed by atoms with van der Waals surface area (Å²) in [6, 6.07) is 0. The summed E-state index contributed by atoms with van der Waals surface area (Å²) < 4.78 is 1.93. The monoisotopic (exact) mass is 293 g/mol. The molecule has 0 fully saturated rings. The van der Waals surface area contributed by atoms with Crippen LogP contribution < -0.4 is 0 Å². The van der Waals surface area contributed by atoms with Crippen LogP contribution in [0.25, 0.3) is 0 Å². The topological polar surface area (TPSA) is 30.7 Å². The second kappa shape index (κ2) is 14.1. The van der Waals surface area contributed by atoms with Crippen molar-refractivity contribution in [1.82, 2.24) is 14.8 Å². The van der Waals surface area contributed by atoms with Crippen molar-refractivity contribution >= 4 is 0 Å². The second-order valence-electron chi connectivity index (χ2n) is 6.25. The fraction of sp³-hybridized carbons (Fsp3) is 0.889. The lowest BCUT2D eigenvalue weighted by molar-refractivity contribution is 0.510. The Morgan fingerprint density at radius 2 is 1.14 bits per heavy atom. The first kappa shape index (κ1) is 18.2. The van der Waals surface area contributed by atoms with E-state index in [1.165, 1.54) is 89.9 Å². The Morgan fingerprint density at radius 1 is 0.667 bits per heavy atom. The van der Waals surface area contributed by atoms with Crippen molar-refractivity contribution in [2.75, 3.05) is 0 Å². The van der Waals surface area contributed by atoms with Gasteiger partial charge in [0.15, 0.2) is 0 Å². The summed E-state index contributed by atoms with van der Waals surface area (Å²) >= 11 is 0. The van der Waals surface area contributed by atoms with Gasteiger partial charge in [0.05, 0.1) is 0 Å². The minimum Gasteiger partial charge on any atom is -0.253 e. The highest BCUT2D eigenvalue weighted by Crippen LogP contribution is 2.13. The highest BCUT2D eigenvalue weighted by molar-refractivity contribution is 4.56. The minimum absolute atomic E-state index is 1.03. The molecule has 0 saturated carbocycles. The highest BCUT2D eigenvalue weighted by Gasteiger charge is 1.95. The zero-order chi connectivity index (χ0) is 15.0. The first-order chi connectivity index (χ1) is 10.4. The molecule has 3 heteroatoms. The number of aromatic nitrogens is 3. The van der Waals surface area contributed by atoms with Crippen LogP contribution >= 0.6 is 0 Å². The maximum absolute atomic E-state index is 4.12. The number of hydrogen-bond donors (Lipinski definition) is 0. The highest BCUT2D eigenvalue weighted by atomic mass is 15.3. The van der Waals surface area contributed by atoms with Gasteiger partial charge >= 0.3 is 0 Å². The number of hydrogen-bond acceptors (Lipinski definition) is 2. The molecule has 0 unspecified atom stereocenters. The molecule has 0 aromatic carbocycles. The number of nitrogens with zero attached hydrogens (tertiary/aromatic N) is 3. The summed E-state index contributed by atoms with van der Waals surface area (Å²) in [5, 5.41) is 4.12. The molecule has 0 radical (unpaired) electrons. The SMILES string of the molecule is CCCCCCCCCCCCCCCCn1cncn1. The molecular weight excluding hydrogens is 258 g/mol. The van der Waals surface area contributed by atoms with Gasteiger partial charge in [0, 0.05) is 6.54 Å². The molecular formula is C18H35N3. The van der Waals surface area contributed by atoms with Crippen molar-refractivity contribution in [3.63, 3.8) is 0 Å². The van der Waals surface area contributed by atoms with Gasteiger partial charge in [-0.2, -0.15) is 5.10 Å². The van der Waals surface area contributed by atoms with E-state index in [2.05, 4.69) is 17.0 Å². The van der Waals surface area contributed by atoms with Crippen LogP contribution in [0.5, 0.6) is 0 Å². The largest absolute Gasteiger partial charge is 0.253 e. The third-order valence-electron chi connectivity index (χ3n) is 4.21. The molecule has 0 bridgehead atoms. The van der Waals surface area contributed by atoms with Gasteiger partial charge in [-0.05, 0) is 6.42 Å². The van der Waals surface area contributed by atoms with Crippen molar-refractivity contribution < 1.29 is 0 Å². The molecule has 0 amide bonds. The van der Waals surface area contributed by atoms with Crippen LogP contribution in [0.1, 0.15) is 96.8 Å². The smallest absolute Gasteiger partial charge is 0.137 e. The molecule has 3 nitrogen and oxygen atoms in total. The van der Waals surface area contributed by atoms with Crippen LogP contribution in [-0.2, 0) is 6.54 Å². The van der Waals surface area contributed by atoms with Gasteiger partial charge in [-0.15, -0.1) is 0 Å². The summed E-state index contributed by atoms with van der Waals surface area (Å²) in [6.45, 7) is 3.31. The maximum Gasteiger partial charge on any atom is 0.137 e. The van der Waals surface area contributed by atoms with Crippen LogP contribution in [0.2, 0.25) is 0 Å². The fourth-order valence-corrected chi connectivity index (χ4v) is 2.82. The fourth-order valence-electron chi connectivity index (χ4n) is 2.82. The zero-order valence-corrected chi connectivity index (χ0v) is 14.1. The van der Waals surface area contributed by atoms with Crippen molar-refractivity contribution in [3.8, 4) is 0 Å². The van der Waals surface area contributed by atoms with Crippen LogP contribution in [0.15, 0.2) is 12.7 Å². The van der Waals surface area contributed by atoms with Gasteiger partial charge in [-0.1, -0.05) is 90.4 Å². The Hall–Kier alpha value is -0.860.